The summed E-state index contributed by atoms with van der Waals surface area (Å²) in [6.45, 7) is 0. The second kappa shape index (κ2) is 6.53. The van der Waals surface area contributed by atoms with Gasteiger partial charge in [0, 0.05) is 23.3 Å². The Hall–Kier alpha value is -3.74. The van der Waals surface area contributed by atoms with E-state index >= 15 is 0 Å². The van der Waals surface area contributed by atoms with Crippen LogP contribution in [0.25, 0.3) is 33.5 Å². The summed E-state index contributed by atoms with van der Waals surface area (Å²) in [4.78, 5) is 19.6. The van der Waals surface area contributed by atoms with Crippen molar-refractivity contribution < 1.29 is 13.7 Å². The van der Waals surface area contributed by atoms with Crippen molar-refractivity contribution in [2.75, 3.05) is 0 Å². The zero-order valence-electron chi connectivity index (χ0n) is 13.8. The molecule has 0 bridgehead atoms. The maximum Gasteiger partial charge on any atom is 0.271 e. The number of non-ortho nitro benzene ring substituents is 1. The van der Waals surface area contributed by atoms with Crippen molar-refractivity contribution in [1.82, 2.24) is 9.97 Å². The molecule has 1 heterocycles. The first kappa shape index (κ1) is 16.7. The Morgan fingerprint density at radius 3 is 1.67 bits per heavy atom. The third-order valence-corrected chi connectivity index (χ3v) is 4.09. The Kier molecular flexibility index (Phi) is 4.04. The first-order valence-corrected chi connectivity index (χ1v) is 7.99. The lowest BCUT2D eigenvalue weighted by molar-refractivity contribution is -0.384. The average molecular weight is 363 g/mol. The maximum atomic E-state index is 13.3. The highest BCUT2D eigenvalue weighted by Crippen LogP contribution is 2.32. The van der Waals surface area contributed by atoms with Crippen LogP contribution in [0.1, 0.15) is 0 Å². The Labute approximate surface area is 152 Å². The van der Waals surface area contributed by atoms with Gasteiger partial charge in [-0.05, 0) is 54.6 Å². The normalized spacial score (nSPS) is 10.9. The predicted octanol–water partition coefficient (Wildman–Crippen LogP) is 5.15. The van der Waals surface area contributed by atoms with Gasteiger partial charge in [-0.25, -0.2) is 18.7 Å². The van der Waals surface area contributed by atoms with E-state index < -0.39 is 10.7 Å². The molecule has 0 aliphatic rings. The molecule has 0 unspecified atom stereocenters. The summed E-state index contributed by atoms with van der Waals surface area (Å²) < 4.78 is 26.6. The molecule has 7 heteroatoms. The van der Waals surface area contributed by atoms with Crippen LogP contribution in [0, 0.1) is 21.7 Å². The predicted molar refractivity (Wildman–Crippen MR) is 97.0 cm³/mol. The number of nitrogens with zero attached hydrogens (tertiary/aromatic N) is 3. The lowest BCUT2D eigenvalue weighted by atomic mass is 10.0. The van der Waals surface area contributed by atoms with E-state index in [1.54, 1.807) is 24.3 Å². The van der Waals surface area contributed by atoms with Crippen LogP contribution in [-0.2, 0) is 0 Å². The summed E-state index contributed by atoms with van der Waals surface area (Å²) in [6, 6.07) is 15.7. The SMILES string of the molecule is O=[N+]([O-])c1ccc2nc(-c3ccc(F)cc3)c(-c3ccc(F)cc3)nc2c1. The lowest BCUT2D eigenvalue weighted by Crippen LogP contribution is -1.97. The Morgan fingerprint density at radius 2 is 1.19 bits per heavy atom. The zero-order valence-corrected chi connectivity index (χ0v) is 13.8. The molecule has 1 aromatic heterocycles. The summed E-state index contributed by atoms with van der Waals surface area (Å²) in [7, 11) is 0. The number of nitro benzene ring substituents is 1. The maximum absolute atomic E-state index is 13.3. The molecule has 0 N–H and O–H groups in total. The van der Waals surface area contributed by atoms with E-state index in [2.05, 4.69) is 9.97 Å². The quantitative estimate of drug-likeness (QED) is 0.373. The molecule has 4 rings (SSSR count). The Morgan fingerprint density at radius 1 is 0.704 bits per heavy atom. The van der Waals surface area contributed by atoms with Crippen molar-refractivity contribution in [3.63, 3.8) is 0 Å². The third-order valence-electron chi connectivity index (χ3n) is 4.09. The van der Waals surface area contributed by atoms with Gasteiger partial charge in [0.25, 0.3) is 5.69 Å². The van der Waals surface area contributed by atoms with Gasteiger partial charge in [0.1, 0.15) is 11.6 Å². The summed E-state index contributed by atoms with van der Waals surface area (Å²) in [5, 5.41) is 11.0. The van der Waals surface area contributed by atoms with Crippen LogP contribution >= 0.6 is 0 Å². The third kappa shape index (κ3) is 3.22. The molecule has 3 aromatic carbocycles. The van der Waals surface area contributed by atoms with Gasteiger partial charge in [-0.2, -0.15) is 0 Å². The summed E-state index contributed by atoms with van der Waals surface area (Å²) in [5.74, 6) is -0.780. The van der Waals surface area contributed by atoms with E-state index in [1.807, 2.05) is 0 Å². The summed E-state index contributed by atoms with van der Waals surface area (Å²) in [5.41, 5.74) is 2.83. The van der Waals surface area contributed by atoms with Crippen LogP contribution in [0.5, 0.6) is 0 Å². The highest BCUT2D eigenvalue weighted by atomic mass is 19.1. The fourth-order valence-electron chi connectivity index (χ4n) is 2.77. The van der Waals surface area contributed by atoms with Crippen molar-refractivity contribution in [1.29, 1.82) is 0 Å². The van der Waals surface area contributed by atoms with Crippen LogP contribution in [0.2, 0.25) is 0 Å². The topological polar surface area (TPSA) is 68.9 Å². The number of fused-ring (bicyclic) bond motifs is 1. The molecule has 0 atom stereocenters. The second-order valence-electron chi connectivity index (χ2n) is 5.86. The molecule has 5 nitrogen and oxygen atoms in total. The van der Waals surface area contributed by atoms with Gasteiger partial charge in [-0.1, -0.05) is 0 Å². The smallest absolute Gasteiger partial charge is 0.258 e. The van der Waals surface area contributed by atoms with Crippen molar-refractivity contribution >= 4 is 16.7 Å². The van der Waals surface area contributed by atoms with Crippen LogP contribution in [0.15, 0.2) is 66.7 Å². The summed E-state index contributed by atoms with van der Waals surface area (Å²) >= 11 is 0. The van der Waals surface area contributed by atoms with Gasteiger partial charge in [0.05, 0.1) is 27.3 Å². The molecule has 132 valence electrons. The standard InChI is InChI=1S/C20H11F2N3O2/c21-14-5-1-12(2-6-14)19-20(13-3-7-15(22)8-4-13)24-18-11-16(25(26)27)9-10-17(18)23-19/h1-11H. The Bertz CT molecular complexity index is 1160. The lowest BCUT2D eigenvalue weighted by Gasteiger charge is -2.10. The molecule has 0 aliphatic carbocycles. The molecule has 4 aromatic rings. The van der Waals surface area contributed by atoms with Crippen LogP contribution < -0.4 is 0 Å². The minimum absolute atomic E-state index is 0.101. The molecule has 0 spiro atoms. The molecule has 0 saturated carbocycles. The van der Waals surface area contributed by atoms with E-state index in [-0.39, 0.29) is 11.5 Å². The number of nitro groups is 1. The van der Waals surface area contributed by atoms with Crippen molar-refractivity contribution in [3.05, 3.63) is 88.5 Å². The largest absolute Gasteiger partial charge is 0.271 e. The van der Waals surface area contributed by atoms with Crippen LogP contribution in [-0.4, -0.2) is 14.9 Å². The highest BCUT2D eigenvalue weighted by Gasteiger charge is 2.15. The van der Waals surface area contributed by atoms with E-state index in [0.29, 0.717) is 33.5 Å². The first-order chi connectivity index (χ1) is 13.0. The first-order valence-electron chi connectivity index (χ1n) is 7.99. The molecule has 27 heavy (non-hydrogen) atoms. The van der Waals surface area contributed by atoms with E-state index in [9.17, 15) is 18.9 Å². The van der Waals surface area contributed by atoms with E-state index in [4.69, 9.17) is 0 Å². The number of hydrogen-bond acceptors (Lipinski definition) is 4. The van der Waals surface area contributed by atoms with Gasteiger partial charge in [-0.3, -0.25) is 10.1 Å². The van der Waals surface area contributed by atoms with Crippen LogP contribution in [0.4, 0.5) is 14.5 Å². The second-order valence-corrected chi connectivity index (χ2v) is 5.86. The van der Waals surface area contributed by atoms with Gasteiger partial charge in [0.2, 0.25) is 0 Å². The van der Waals surface area contributed by atoms with Crippen molar-refractivity contribution in [2.24, 2.45) is 0 Å². The number of halogens is 2. The molecule has 0 saturated heterocycles. The molecule has 0 fully saturated rings. The van der Waals surface area contributed by atoms with Gasteiger partial charge in [-0.15, -0.1) is 0 Å². The number of benzene rings is 3. The summed E-state index contributed by atoms with van der Waals surface area (Å²) in [6.07, 6.45) is 0. The zero-order chi connectivity index (χ0) is 19.0. The van der Waals surface area contributed by atoms with Gasteiger partial charge < -0.3 is 0 Å². The monoisotopic (exact) mass is 363 g/mol. The van der Waals surface area contributed by atoms with E-state index in [1.165, 1.54) is 42.5 Å². The molecule has 0 amide bonds. The average Bonchev–Trinajstić information content (AvgIpc) is 2.68. The van der Waals surface area contributed by atoms with Crippen LogP contribution in [0.3, 0.4) is 0 Å². The van der Waals surface area contributed by atoms with E-state index in [0.717, 1.165) is 0 Å². The molecular formula is C20H11F2N3O2. The molecule has 0 radical (unpaired) electrons. The highest BCUT2D eigenvalue weighted by molar-refractivity contribution is 5.87. The fraction of sp³-hybridized carbons (Fsp3) is 0. The number of aromatic nitrogens is 2. The fourth-order valence-corrected chi connectivity index (χ4v) is 2.77. The molecular weight excluding hydrogens is 352 g/mol. The number of rotatable bonds is 3. The van der Waals surface area contributed by atoms with Gasteiger partial charge >= 0.3 is 0 Å². The molecule has 0 aliphatic heterocycles. The van der Waals surface area contributed by atoms with Crippen molar-refractivity contribution in [3.8, 4) is 22.5 Å². The number of hydrogen-bond donors (Lipinski definition) is 0. The Balaban J connectivity index is 2.00. The van der Waals surface area contributed by atoms with Gasteiger partial charge in [0.15, 0.2) is 0 Å². The minimum atomic E-state index is -0.507. The minimum Gasteiger partial charge on any atom is -0.258 e. The van der Waals surface area contributed by atoms with Crippen molar-refractivity contribution in [2.45, 2.75) is 0 Å².